The maximum absolute atomic E-state index is 12.8. The van der Waals surface area contributed by atoms with Crippen molar-refractivity contribution in [2.75, 3.05) is 19.7 Å². The van der Waals surface area contributed by atoms with Gasteiger partial charge in [-0.2, -0.15) is 0 Å². The number of nitrogens with zero attached hydrogens (tertiary/aromatic N) is 2. The molecule has 0 radical (unpaired) electrons. The van der Waals surface area contributed by atoms with Crippen LogP contribution < -0.4 is 0 Å². The Balaban J connectivity index is 1.73. The van der Waals surface area contributed by atoms with Crippen molar-refractivity contribution in [2.24, 2.45) is 13.0 Å². The van der Waals surface area contributed by atoms with Crippen LogP contribution in [0.15, 0.2) is 30.5 Å². The molecule has 2 aromatic rings. The number of para-hydroxylation sites is 1. The number of fused-ring (bicyclic) bond motifs is 1. The quantitative estimate of drug-likeness (QED) is 0.818. The van der Waals surface area contributed by atoms with Crippen molar-refractivity contribution in [3.63, 3.8) is 0 Å². The molecule has 2 heterocycles. The Morgan fingerprint density at radius 1 is 1.22 bits per heavy atom. The highest BCUT2D eigenvalue weighted by Gasteiger charge is 2.29. The number of aryl methyl sites for hydroxylation is 1. The Labute approximate surface area is 135 Å². The summed E-state index contributed by atoms with van der Waals surface area (Å²) in [5.41, 5.74) is 1.79. The van der Waals surface area contributed by atoms with Gasteiger partial charge in [-0.05, 0) is 25.8 Å². The van der Waals surface area contributed by atoms with Crippen molar-refractivity contribution >= 4 is 22.8 Å². The Morgan fingerprint density at radius 3 is 2.61 bits per heavy atom. The molecule has 0 aliphatic carbocycles. The van der Waals surface area contributed by atoms with Gasteiger partial charge in [0.25, 0.3) is 5.91 Å². The lowest BCUT2D eigenvalue weighted by Crippen LogP contribution is -2.40. The number of rotatable bonds is 3. The number of piperidine rings is 1. The Hall–Kier alpha value is -2.30. The fraction of sp³-hybridized carbons (Fsp3) is 0.444. The molecule has 1 amide bonds. The number of carbonyl (C=O) groups excluding carboxylic acids is 2. The first kappa shape index (κ1) is 15.6. The van der Waals surface area contributed by atoms with Crippen LogP contribution in [-0.4, -0.2) is 41.0 Å². The number of hydrogen-bond donors (Lipinski definition) is 0. The summed E-state index contributed by atoms with van der Waals surface area (Å²) in [6, 6.07) is 7.92. The summed E-state index contributed by atoms with van der Waals surface area (Å²) in [6.45, 7) is 3.43. The topological polar surface area (TPSA) is 51.5 Å². The molecule has 0 N–H and O–H groups in total. The predicted molar refractivity (Wildman–Crippen MR) is 88.2 cm³/mol. The molecule has 1 aromatic carbocycles. The van der Waals surface area contributed by atoms with Gasteiger partial charge in [-0.3, -0.25) is 9.59 Å². The van der Waals surface area contributed by atoms with Crippen molar-refractivity contribution in [3.05, 3.63) is 36.0 Å². The molecule has 5 heteroatoms. The van der Waals surface area contributed by atoms with Gasteiger partial charge in [0.1, 0.15) is 0 Å². The highest BCUT2D eigenvalue weighted by Crippen LogP contribution is 2.25. The molecule has 0 saturated carbocycles. The minimum absolute atomic E-state index is 0.0455. The monoisotopic (exact) mass is 314 g/mol. The fourth-order valence-electron chi connectivity index (χ4n) is 3.26. The lowest BCUT2D eigenvalue weighted by molar-refractivity contribution is -0.149. The molecule has 1 aliphatic heterocycles. The van der Waals surface area contributed by atoms with E-state index in [-0.39, 0.29) is 17.8 Å². The molecule has 122 valence electrons. The summed E-state index contributed by atoms with van der Waals surface area (Å²) in [4.78, 5) is 26.5. The number of amides is 1. The fourth-order valence-corrected chi connectivity index (χ4v) is 3.26. The molecule has 23 heavy (non-hydrogen) atoms. The first-order chi connectivity index (χ1) is 11.1. The van der Waals surface area contributed by atoms with E-state index in [4.69, 9.17) is 4.74 Å². The molecule has 0 spiro atoms. The molecule has 1 saturated heterocycles. The van der Waals surface area contributed by atoms with E-state index in [1.54, 1.807) is 0 Å². The summed E-state index contributed by atoms with van der Waals surface area (Å²) >= 11 is 0. The number of aromatic nitrogens is 1. The van der Waals surface area contributed by atoms with E-state index in [9.17, 15) is 9.59 Å². The van der Waals surface area contributed by atoms with Crippen LogP contribution in [-0.2, 0) is 16.6 Å². The molecule has 1 aliphatic rings. The molecular weight excluding hydrogens is 292 g/mol. The Kier molecular flexibility index (Phi) is 4.37. The van der Waals surface area contributed by atoms with E-state index in [0.717, 1.165) is 16.5 Å². The van der Waals surface area contributed by atoms with Crippen molar-refractivity contribution in [1.29, 1.82) is 0 Å². The van der Waals surface area contributed by atoms with Gasteiger partial charge >= 0.3 is 5.97 Å². The third-order valence-electron chi connectivity index (χ3n) is 4.53. The Morgan fingerprint density at radius 2 is 1.91 bits per heavy atom. The number of esters is 1. The molecule has 1 fully saturated rings. The van der Waals surface area contributed by atoms with E-state index >= 15 is 0 Å². The standard InChI is InChI=1S/C18H22N2O3/c1-3-23-18(22)13-8-10-20(11-9-13)17(21)15-12-19(2)16-7-5-4-6-14(15)16/h4-7,12-13H,3,8-11H2,1-2H3. The van der Waals surface area contributed by atoms with E-state index in [1.165, 1.54) is 0 Å². The van der Waals surface area contributed by atoms with Crippen LogP contribution in [0.3, 0.4) is 0 Å². The third kappa shape index (κ3) is 2.96. The predicted octanol–water partition coefficient (Wildman–Crippen LogP) is 2.59. The normalized spacial score (nSPS) is 15.8. The second-order valence-corrected chi connectivity index (χ2v) is 5.99. The van der Waals surface area contributed by atoms with Gasteiger partial charge in [0.05, 0.1) is 18.1 Å². The van der Waals surface area contributed by atoms with Crippen LogP contribution in [0, 0.1) is 5.92 Å². The number of ether oxygens (including phenoxy) is 1. The zero-order valence-electron chi connectivity index (χ0n) is 13.6. The number of likely N-dealkylation sites (tertiary alicyclic amines) is 1. The number of hydrogen-bond acceptors (Lipinski definition) is 3. The Bertz CT molecular complexity index is 727. The van der Waals surface area contributed by atoms with Gasteiger partial charge in [0, 0.05) is 37.2 Å². The first-order valence-electron chi connectivity index (χ1n) is 8.11. The zero-order valence-corrected chi connectivity index (χ0v) is 13.6. The molecule has 0 bridgehead atoms. The maximum atomic E-state index is 12.8. The van der Waals surface area contributed by atoms with E-state index < -0.39 is 0 Å². The average Bonchev–Trinajstić information content (AvgIpc) is 2.92. The van der Waals surface area contributed by atoms with Crippen LogP contribution in [0.2, 0.25) is 0 Å². The minimum Gasteiger partial charge on any atom is -0.466 e. The van der Waals surface area contributed by atoms with Gasteiger partial charge in [-0.15, -0.1) is 0 Å². The molecule has 0 unspecified atom stereocenters. The van der Waals surface area contributed by atoms with Crippen LogP contribution in [0.4, 0.5) is 0 Å². The molecule has 3 rings (SSSR count). The summed E-state index contributed by atoms with van der Waals surface area (Å²) < 4.78 is 7.06. The highest BCUT2D eigenvalue weighted by molar-refractivity contribution is 6.07. The van der Waals surface area contributed by atoms with Crippen molar-refractivity contribution in [1.82, 2.24) is 9.47 Å². The van der Waals surface area contributed by atoms with Crippen molar-refractivity contribution in [3.8, 4) is 0 Å². The summed E-state index contributed by atoms with van der Waals surface area (Å²) in [6.07, 6.45) is 3.25. The van der Waals surface area contributed by atoms with Gasteiger partial charge in [-0.25, -0.2) is 0 Å². The second-order valence-electron chi connectivity index (χ2n) is 5.99. The second kappa shape index (κ2) is 6.44. The zero-order chi connectivity index (χ0) is 16.4. The summed E-state index contributed by atoms with van der Waals surface area (Å²) in [7, 11) is 1.95. The lowest BCUT2D eigenvalue weighted by Gasteiger charge is -2.30. The third-order valence-corrected chi connectivity index (χ3v) is 4.53. The van der Waals surface area contributed by atoms with E-state index in [2.05, 4.69) is 0 Å². The van der Waals surface area contributed by atoms with Gasteiger partial charge < -0.3 is 14.2 Å². The van der Waals surface area contributed by atoms with Gasteiger partial charge in [-0.1, -0.05) is 18.2 Å². The molecule has 0 atom stereocenters. The molecule has 5 nitrogen and oxygen atoms in total. The first-order valence-corrected chi connectivity index (χ1v) is 8.11. The van der Waals surface area contributed by atoms with Gasteiger partial charge in [0.15, 0.2) is 0 Å². The smallest absolute Gasteiger partial charge is 0.309 e. The van der Waals surface area contributed by atoms with Gasteiger partial charge in [0.2, 0.25) is 0 Å². The lowest BCUT2D eigenvalue weighted by atomic mass is 9.96. The largest absolute Gasteiger partial charge is 0.466 e. The minimum atomic E-state index is -0.134. The highest BCUT2D eigenvalue weighted by atomic mass is 16.5. The van der Waals surface area contributed by atoms with Crippen LogP contribution in [0.1, 0.15) is 30.1 Å². The van der Waals surface area contributed by atoms with Crippen LogP contribution in [0.25, 0.3) is 10.9 Å². The van der Waals surface area contributed by atoms with Crippen LogP contribution in [0.5, 0.6) is 0 Å². The molecule has 1 aromatic heterocycles. The summed E-state index contributed by atoms with van der Waals surface area (Å²) in [5, 5.41) is 0.979. The number of benzene rings is 1. The van der Waals surface area contributed by atoms with E-state index in [1.807, 2.05) is 53.9 Å². The molecular formula is C18H22N2O3. The van der Waals surface area contributed by atoms with Crippen LogP contribution >= 0.6 is 0 Å². The van der Waals surface area contributed by atoms with Crippen molar-refractivity contribution < 1.29 is 14.3 Å². The van der Waals surface area contributed by atoms with Crippen molar-refractivity contribution in [2.45, 2.75) is 19.8 Å². The maximum Gasteiger partial charge on any atom is 0.309 e. The van der Waals surface area contributed by atoms with E-state index in [0.29, 0.717) is 32.5 Å². The SMILES string of the molecule is CCOC(=O)C1CCN(C(=O)c2cn(C)c3ccccc23)CC1. The number of carbonyl (C=O) groups is 2. The summed E-state index contributed by atoms with van der Waals surface area (Å²) in [5.74, 6) is -0.166. The average molecular weight is 314 g/mol.